The Hall–Kier alpha value is -2.45. The van der Waals surface area contributed by atoms with E-state index in [4.69, 9.17) is 4.74 Å². The minimum atomic E-state index is -3.57. The van der Waals surface area contributed by atoms with E-state index in [0.29, 0.717) is 24.3 Å². The van der Waals surface area contributed by atoms with Gasteiger partial charge in [-0.15, -0.1) is 0 Å². The first-order valence-electron chi connectivity index (χ1n) is 11.5. The predicted molar refractivity (Wildman–Crippen MR) is 127 cm³/mol. The summed E-state index contributed by atoms with van der Waals surface area (Å²) in [6, 6.07) is 10.2. The molecule has 2 heterocycles. The van der Waals surface area contributed by atoms with Crippen LogP contribution in [0.5, 0.6) is 0 Å². The van der Waals surface area contributed by atoms with Crippen molar-refractivity contribution >= 4 is 21.8 Å². The van der Waals surface area contributed by atoms with Crippen LogP contribution in [0.1, 0.15) is 54.9 Å². The number of esters is 1. The molecule has 1 saturated heterocycles. The molecule has 0 saturated carbocycles. The van der Waals surface area contributed by atoms with Gasteiger partial charge in [0.05, 0.1) is 10.8 Å². The second-order valence-corrected chi connectivity index (χ2v) is 11.1. The quantitative estimate of drug-likeness (QED) is 0.405. The van der Waals surface area contributed by atoms with Crippen molar-refractivity contribution in [3.8, 4) is 0 Å². The van der Waals surface area contributed by atoms with Gasteiger partial charge in [0.15, 0.2) is 6.61 Å². The second kappa shape index (κ2) is 10.7. The molecule has 0 unspecified atom stereocenters. The Balaban J connectivity index is 1.53. The number of piperidine rings is 1. The summed E-state index contributed by atoms with van der Waals surface area (Å²) in [6.07, 6.45) is 1.78. The molecule has 1 fully saturated rings. The first-order valence-corrected chi connectivity index (χ1v) is 13.0. The molecule has 1 aliphatic rings. The van der Waals surface area contributed by atoms with Crippen LogP contribution in [0, 0.1) is 25.7 Å². The van der Waals surface area contributed by atoms with Crippen molar-refractivity contribution in [3.63, 3.8) is 0 Å². The molecule has 0 spiro atoms. The van der Waals surface area contributed by atoms with Gasteiger partial charge in [0.25, 0.3) is 0 Å². The van der Waals surface area contributed by atoms with Gasteiger partial charge in [-0.1, -0.05) is 32.0 Å². The van der Waals surface area contributed by atoms with Crippen LogP contribution in [0.4, 0.5) is 0 Å². The van der Waals surface area contributed by atoms with Crippen molar-refractivity contribution in [1.29, 1.82) is 0 Å². The van der Waals surface area contributed by atoms with E-state index in [9.17, 15) is 18.0 Å². The third-order valence-corrected chi connectivity index (χ3v) is 8.23. The summed E-state index contributed by atoms with van der Waals surface area (Å²) in [6.45, 7) is 9.30. The molecule has 0 radical (unpaired) electrons. The van der Waals surface area contributed by atoms with Crippen LogP contribution in [0.25, 0.3) is 0 Å². The molecule has 1 aliphatic heterocycles. The molecule has 0 N–H and O–H groups in total. The molecule has 8 heteroatoms. The third kappa shape index (κ3) is 5.92. The molecule has 0 aliphatic carbocycles. The summed E-state index contributed by atoms with van der Waals surface area (Å²) >= 11 is 0. The summed E-state index contributed by atoms with van der Waals surface area (Å²) in [5.41, 5.74) is 2.51. The number of hydrogen-bond acceptors (Lipinski definition) is 5. The van der Waals surface area contributed by atoms with Crippen LogP contribution in [-0.2, 0) is 26.1 Å². The molecule has 0 amide bonds. The lowest BCUT2D eigenvalue weighted by molar-refractivity contribution is -0.148. The maximum absolute atomic E-state index is 12.7. The highest BCUT2D eigenvalue weighted by atomic mass is 32.2. The van der Waals surface area contributed by atoms with Crippen molar-refractivity contribution in [3.05, 3.63) is 53.3 Å². The van der Waals surface area contributed by atoms with E-state index >= 15 is 0 Å². The zero-order valence-corrected chi connectivity index (χ0v) is 20.7. The Kier molecular flexibility index (Phi) is 8.13. The van der Waals surface area contributed by atoms with E-state index in [0.717, 1.165) is 24.4 Å². The fourth-order valence-electron chi connectivity index (χ4n) is 4.22. The average molecular weight is 475 g/mol. The summed E-state index contributed by atoms with van der Waals surface area (Å²) in [5.74, 6) is -0.482. The normalized spacial score (nSPS) is 15.7. The summed E-state index contributed by atoms with van der Waals surface area (Å²) < 4.78 is 34.4. The van der Waals surface area contributed by atoms with Crippen LogP contribution in [0.2, 0.25) is 0 Å². The van der Waals surface area contributed by atoms with E-state index in [1.165, 1.54) is 4.31 Å². The van der Waals surface area contributed by atoms with Gasteiger partial charge in [-0.2, -0.15) is 4.31 Å². The lowest BCUT2D eigenvalue weighted by Gasteiger charge is -2.30. The largest absolute Gasteiger partial charge is 0.457 e. The lowest BCUT2D eigenvalue weighted by atomic mass is 9.98. The number of carbonyl (C=O) groups excluding carboxylic acids is 2. The molecule has 0 atom stereocenters. The minimum Gasteiger partial charge on any atom is -0.457 e. The Morgan fingerprint density at radius 2 is 1.73 bits per heavy atom. The number of nitrogens with zero attached hydrogens (tertiary/aromatic N) is 2. The molecule has 1 aromatic carbocycles. The standard InChI is InChI=1S/C25H34N2O5S/c1-18(2)10-15-27-19(3)16-23(20(27)4)24(28)17-32-25(29)21-11-13-26(14-12-21)33(30,31)22-8-6-5-7-9-22/h5-9,16,18,21H,10-15,17H2,1-4H3. The fraction of sp³-hybridized carbons (Fsp3) is 0.520. The van der Waals surface area contributed by atoms with E-state index < -0.39 is 21.9 Å². The molecule has 1 aromatic heterocycles. The number of aromatic nitrogens is 1. The van der Waals surface area contributed by atoms with Crippen LogP contribution >= 0.6 is 0 Å². The van der Waals surface area contributed by atoms with E-state index in [1.807, 2.05) is 19.9 Å². The summed E-state index contributed by atoms with van der Waals surface area (Å²) in [4.78, 5) is 25.5. The van der Waals surface area contributed by atoms with Gasteiger partial charge >= 0.3 is 5.97 Å². The maximum atomic E-state index is 12.7. The number of aryl methyl sites for hydroxylation is 1. The van der Waals surface area contributed by atoms with Gasteiger partial charge in [0, 0.05) is 36.6 Å². The third-order valence-electron chi connectivity index (χ3n) is 6.32. The number of Topliss-reactive ketones (excluding diaryl/α,β-unsaturated/α-hetero) is 1. The number of carbonyl (C=O) groups is 2. The van der Waals surface area contributed by atoms with Crippen LogP contribution in [0.15, 0.2) is 41.3 Å². The number of benzene rings is 1. The van der Waals surface area contributed by atoms with E-state index in [2.05, 4.69) is 18.4 Å². The Labute approximate surface area is 196 Å². The van der Waals surface area contributed by atoms with E-state index in [1.54, 1.807) is 30.3 Å². The number of ketones is 1. The molecule has 180 valence electrons. The molecule has 2 aromatic rings. The van der Waals surface area contributed by atoms with Crippen molar-refractivity contribution in [2.24, 2.45) is 11.8 Å². The zero-order chi connectivity index (χ0) is 24.2. The minimum absolute atomic E-state index is 0.212. The van der Waals surface area contributed by atoms with Gasteiger partial charge in [-0.05, 0) is 57.2 Å². The first kappa shape index (κ1) is 25.2. The second-order valence-electron chi connectivity index (χ2n) is 9.14. The Morgan fingerprint density at radius 3 is 2.33 bits per heavy atom. The predicted octanol–water partition coefficient (Wildman–Crippen LogP) is 3.98. The van der Waals surface area contributed by atoms with Gasteiger partial charge in [0.2, 0.25) is 15.8 Å². The van der Waals surface area contributed by atoms with Crippen molar-refractivity contribution < 1.29 is 22.7 Å². The smallest absolute Gasteiger partial charge is 0.309 e. The number of rotatable bonds is 9. The zero-order valence-electron chi connectivity index (χ0n) is 19.9. The van der Waals surface area contributed by atoms with Gasteiger partial charge in [0.1, 0.15) is 0 Å². The van der Waals surface area contributed by atoms with Crippen LogP contribution in [-0.4, -0.2) is 48.7 Å². The SMILES string of the molecule is Cc1cc(C(=O)COC(=O)C2CCN(S(=O)(=O)c3ccccc3)CC2)c(C)n1CCC(C)C. The maximum Gasteiger partial charge on any atom is 0.309 e. The number of sulfonamides is 1. The van der Waals surface area contributed by atoms with E-state index in [-0.39, 0.29) is 30.4 Å². The molecule has 7 nitrogen and oxygen atoms in total. The topological polar surface area (TPSA) is 85.7 Å². The first-order chi connectivity index (χ1) is 15.6. The van der Waals surface area contributed by atoms with Crippen molar-refractivity contribution in [1.82, 2.24) is 8.87 Å². The Morgan fingerprint density at radius 1 is 1.09 bits per heavy atom. The van der Waals surface area contributed by atoms with Crippen molar-refractivity contribution in [2.75, 3.05) is 19.7 Å². The highest BCUT2D eigenvalue weighted by Gasteiger charge is 2.33. The molecule has 0 bridgehead atoms. The fourth-order valence-corrected chi connectivity index (χ4v) is 5.71. The number of hydrogen-bond donors (Lipinski definition) is 0. The molecule has 33 heavy (non-hydrogen) atoms. The number of ether oxygens (including phenoxy) is 1. The van der Waals surface area contributed by atoms with Crippen molar-refractivity contribution in [2.45, 2.75) is 58.4 Å². The summed E-state index contributed by atoms with van der Waals surface area (Å²) in [5, 5.41) is 0. The lowest BCUT2D eigenvalue weighted by Crippen LogP contribution is -2.40. The monoisotopic (exact) mass is 474 g/mol. The summed E-state index contributed by atoms with van der Waals surface area (Å²) in [7, 11) is -3.57. The molecular weight excluding hydrogens is 440 g/mol. The average Bonchev–Trinajstić information content (AvgIpc) is 3.09. The van der Waals surface area contributed by atoms with Crippen LogP contribution < -0.4 is 0 Å². The molecular formula is C25H34N2O5S. The van der Waals surface area contributed by atoms with Crippen LogP contribution in [0.3, 0.4) is 0 Å². The highest BCUT2D eigenvalue weighted by Crippen LogP contribution is 2.25. The highest BCUT2D eigenvalue weighted by molar-refractivity contribution is 7.89. The Bertz CT molecular complexity index is 1080. The molecule has 3 rings (SSSR count). The van der Waals surface area contributed by atoms with Gasteiger partial charge in [-0.25, -0.2) is 8.42 Å². The van der Waals surface area contributed by atoms with Gasteiger partial charge in [-0.3, -0.25) is 9.59 Å². The van der Waals surface area contributed by atoms with Gasteiger partial charge < -0.3 is 9.30 Å².